The maximum atomic E-state index is 12.9. The number of carboxylic acids is 1. The fourth-order valence-electron chi connectivity index (χ4n) is 4.19. The number of aliphatic carboxylic acids is 1. The maximum absolute atomic E-state index is 12.9. The Hall–Kier alpha value is -3.04. The van der Waals surface area contributed by atoms with Gasteiger partial charge in [-0.1, -0.05) is 30.2 Å². The number of carbonyl (C=O) groups is 2. The lowest BCUT2D eigenvalue weighted by Gasteiger charge is -2.13. The predicted molar refractivity (Wildman–Crippen MR) is 137 cm³/mol. The number of amides is 1. The molecule has 1 atom stereocenters. The molecule has 0 saturated carbocycles. The smallest absolute Gasteiger partial charge is 0.303 e. The zero-order chi connectivity index (χ0) is 25.1. The molecule has 35 heavy (non-hydrogen) atoms. The highest BCUT2D eigenvalue weighted by Gasteiger charge is 2.32. The summed E-state index contributed by atoms with van der Waals surface area (Å²) >= 11 is 7.82. The average molecular weight is 514 g/mol. The van der Waals surface area contributed by atoms with Crippen LogP contribution >= 0.6 is 22.9 Å². The molecule has 0 fully saturated rings. The molecule has 2 N–H and O–H groups in total. The monoisotopic (exact) mass is 513 g/mol. The van der Waals surface area contributed by atoms with Gasteiger partial charge >= 0.3 is 5.97 Å². The number of hydrogen-bond donors (Lipinski definition) is 2. The molecule has 4 rings (SSSR count). The van der Waals surface area contributed by atoms with Gasteiger partial charge in [0.05, 0.1) is 12.1 Å². The van der Waals surface area contributed by atoms with Crippen LogP contribution in [0.3, 0.4) is 0 Å². The second-order valence-electron chi connectivity index (χ2n) is 8.66. The van der Waals surface area contributed by atoms with Gasteiger partial charge in [-0.25, -0.2) is 0 Å². The Balaban J connectivity index is 1.63. The summed E-state index contributed by atoms with van der Waals surface area (Å²) in [5, 5.41) is 22.1. The molecular weight excluding hydrogens is 486 g/mol. The van der Waals surface area contributed by atoms with E-state index in [2.05, 4.69) is 29.4 Å². The Bertz CT molecular complexity index is 1280. The number of unbranched alkanes of at least 4 members (excludes halogenated alkanes) is 2. The number of thiophene rings is 1. The largest absolute Gasteiger partial charge is 0.481 e. The summed E-state index contributed by atoms with van der Waals surface area (Å²) in [4.78, 5) is 29.8. The number of nitrogens with zero attached hydrogens (tertiary/aromatic N) is 4. The Morgan fingerprint density at radius 3 is 2.57 bits per heavy atom. The van der Waals surface area contributed by atoms with Gasteiger partial charge in [-0.05, 0) is 51.3 Å². The number of carboxylic acid groups (broad SMARTS) is 1. The van der Waals surface area contributed by atoms with E-state index in [1.807, 2.05) is 35.8 Å². The van der Waals surface area contributed by atoms with Gasteiger partial charge in [0, 0.05) is 34.0 Å². The van der Waals surface area contributed by atoms with E-state index in [1.54, 1.807) is 11.3 Å². The molecule has 3 aromatic rings. The van der Waals surface area contributed by atoms with E-state index < -0.39 is 12.0 Å². The van der Waals surface area contributed by atoms with Crippen LogP contribution in [0.25, 0.3) is 5.00 Å². The first-order chi connectivity index (χ1) is 16.8. The van der Waals surface area contributed by atoms with Crippen molar-refractivity contribution in [2.24, 2.45) is 4.99 Å². The second kappa shape index (κ2) is 10.7. The van der Waals surface area contributed by atoms with Crippen molar-refractivity contribution in [2.75, 3.05) is 6.54 Å². The van der Waals surface area contributed by atoms with Gasteiger partial charge in [0.2, 0.25) is 5.91 Å². The van der Waals surface area contributed by atoms with Crippen LogP contribution in [0.2, 0.25) is 5.02 Å². The van der Waals surface area contributed by atoms with Crippen molar-refractivity contribution in [3.05, 3.63) is 62.5 Å². The summed E-state index contributed by atoms with van der Waals surface area (Å²) in [6.07, 6.45) is 2.37. The standard InChI is InChI=1S/C25H28ClN5O3S/c1-14-15(2)35-25-22(14)23(17-8-10-18(26)11-9-17)28-19(24-30-29-16(3)31(24)25)13-20(32)27-12-6-4-5-7-21(33)34/h8-11,19H,4-7,12-13H2,1-3H3,(H,27,32)(H,33,34)/t19-/m0/s1. The first-order valence-electron chi connectivity index (χ1n) is 11.6. The second-order valence-corrected chi connectivity index (χ2v) is 10.3. The summed E-state index contributed by atoms with van der Waals surface area (Å²) in [6.45, 7) is 6.59. The number of nitrogens with one attached hydrogen (secondary N) is 1. The van der Waals surface area contributed by atoms with Crippen LogP contribution in [0.1, 0.15) is 71.4 Å². The van der Waals surface area contributed by atoms with Crippen LogP contribution in [-0.4, -0.2) is 44.0 Å². The molecule has 0 spiro atoms. The number of aliphatic imine (C=N–C) groups is 1. The molecule has 8 nitrogen and oxygen atoms in total. The number of aryl methyl sites for hydroxylation is 2. The van der Waals surface area contributed by atoms with Crippen LogP contribution in [0.4, 0.5) is 0 Å². The van der Waals surface area contributed by atoms with Crippen LogP contribution < -0.4 is 5.32 Å². The molecule has 1 aliphatic heterocycles. The van der Waals surface area contributed by atoms with Crippen molar-refractivity contribution < 1.29 is 14.7 Å². The van der Waals surface area contributed by atoms with Gasteiger partial charge in [-0.3, -0.25) is 19.1 Å². The minimum absolute atomic E-state index is 0.127. The number of halogens is 1. The van der Waals surface area contributed by atoms with E-state index in [-0.39, 0.29) is 18.7 Å². The molecule has 0 saturated heterocycles. The fourth-order valence-corrected chi connectivity index (χ4v) is 5.53. The number of benzene rings is 1. The SMILES string of the molecule is Cc1sc2c(c1C)C(c1ccc(Cl)cc1)=N[C@@H](CC(=O)NCCCCCC(=O)O)c1nnc(C)n1-2. The molecule has 0 radical (unpaired) electrons. The molecule has 1 aliphatic rings. The van der Waals surface area contributed by atoms with Gasteiger partial charge in [0.1, 0.15) is 16.9 Å². The third kappa shape index (κ3) is 5.46. The first kappa shape index (κ1) is 25.1. The van der Waals surface area contributed by atoms with Crippen molar-refractivity contribution in [3.8, 4) is 5.00 Å². The summed E-state index contributed by atoms with van der Waals surface area (Å²) in [6, 6.07) is 7.08. The number of carbonyl (C=O) groups excluding carboxylic acids is 1. The van der Waals surface area contributed by atoms with E-state index in [0.29, 0.717) is 23.8 Å². The molecule has 1 amide bonds. The summed E-state index contributed by atoms with van der Waals surface area (Å²) in [5.74, 6) is 0.470. The number of hydrogen-bond acceptors (Lipinski definition) is 6. The van der Waals surface area contributed by atoms with Crippen LogP contribution in [-0.2, 0) is 9.59 Å². The third-order valence-electron chi connectivity index (χ3n) is 6.13. The lowest BCUT2D eigenvalue weighted by Crippen LogP contribution is -2.26. The van der Waals surface area contributed by atoms with Crippen LogP contribution in [0.5, 0.6) is 0 Å². The number of aromatic nitrogens is 3. The highest BCUT2D eigenvalue weighted by molar-refractivity contribution is 7.15. The zero-order valence-corrected chi connectivity index (χ0v) is 21.5. The number of rotatable bonds is 9. The summed E-state index contributed by atoms with van der Waals surface area (Å²) in [7, 11) is 0. The number of fused-ring (bicyclic) bond motifs is 3. The summed E-state index contributed by atoms with van der Waals surface area (Å²) in [5.41, 5.74) is 3.91. The highest BCUT2D eigenvalue weighted by Crippen LogP contribution is 2.39. The molecule has 2 aromatic heterocycles. The first-order valence-corrected chi connectivity index (χ1v) is 12.8. The molecule has 1 aromatic carbocycles. The van der Waals surface area contributed by atoms with Gasteiger partial charge in [0.25, 0.3) is 0 Å². The van der Waals surface area contributed by atoms with Crippen LogP contribution in [0, 0.1) is 20.8 Å². The topological polar surface area (TPSA) is 109 Å². The van der Waals surface area contributed by atoms with Crippen molar-refractivity contribution in [3.63, 3.8) is 0 Å². The highest BCUT2D eigenvalue weighted by atomic mass is 35.5. The van der Waals surface area contributed by atoms with Gasteiger partial charge < -0.3 is 10.4 Å². The molecule has 3 heterocycles. The summed E-state index contributed by atoms with van der Waals surface area (Å²) < 4.78 is 2.02. The van der Waals surface area contributed by atoms with E-state index in [0.717, 1.165) is 46.1 Å². The molecule has 0 aliphatic carbocycles. The Labute approximate surface area is 213 Å². The van der Waals surface area contributed by atoms with Gasteiger partial charge in [-0.15, -0.1) is 21.5 Å². The Morgan fingerprint density at radius 1 is 1.11 bits per heavy atom. The van der Waals surface area contributed by atoms with E-state index in [9.17, 15) is 9.59 Å². The lowest BCUT2D eigenvalue weighted by atomic mass is 9.99. The fraction of sp³-hybridized carbons (Fsp3) is 0.400. The van der Waals surface area contributed by atoms with E-state index in [1.165, 1.54) is 4.88 Å². The van der Waals surface area contributed by atoms with E-state index in [4.69, 9.17) is 21.7 Å². The van der Waals surface area contributed by atoms with Gasteiger partial charge in [0.15, 0.2) is 5.82 Å². The van der Waals surface area contributed by atoms with Crippen molar-refractivity contribution in [2.45, 2.75) is 58.9 Å². The van der Waals surface area contributed by atoms with Crippen molar-refractivity contribution in [1.82, 2.24) is 20.1 Å². The molecule has 184 valence electrons. The molecular formula is C25H28ClN5O3S. The molecule has 0 bridgehead atoms. The van der Waals surface area contributed by atoms with Crippen molar-refractivity contribution >= 4 is 40.5 Å². The Morgan fingerprint density at radius 2 is 1.86 bits per heavy atom. The molecule has 10 heteroatoms. The van der Waals surface area contributed by atoms with Gasteiger partial charge in [-0.2, -0.15) is 0 Å². The van der Waals surface area contributed by atoms with E-state index >= 15 is 0 Å². The zero-order valence-electron chi connectivity index (χ0n) is 20.0. The third-order valence-corrected chi connectivity index (χ3v) is 7.57. The minimum Gasteiger partial charge on any atom is -0.481 e. The Kier molecular flexibility index (Phi) is 7.66. The average Bonchev–Trinajstić information content (AvgIpc) is 3.29. The molecule has 0 unspecified atom stereocenters. The normalized spacial score (nSPS) is 14.6. The maximum Gasteiger partial charge on any atom is 0.303 e. The van der Waals surface area contributed by atoms with Crippen LogP contribution in [0.15, 0.2) is 29.3 Å². The van der Waals surface area contributed by atoms with Crippen molar-refractivity contribution in [1.29, 1.82) is 0 Å². The quantitative estimate of drug-likeness (QED) is 0.393. The predicted octanol–water partition coefficient (Wildman–Crippen LogP) is 4.95. The minimum atomic E-state index is -0.796. The lowest BCUT2D eigenvalue weighted by molar-refractivity contribution is -0.137.